The fraction of sp³-hybridized carbons (Fsp3) is 1.00. The van der Waals surface area contributed by atoms with Crippen molar-refractivity contribution in [3.8, 4) is 0 Å². The van der Waals surface area contributed by atoms with Crippen LogP contribution >= 0.6 is 0 Å². The SMILES string of the molecule is OCCCN(CCO)CC1CCC1. The first-order valence-corrected chi connectivity index (χ1v) is 5.31. The van der Waals surface area contributed by atoms with E-state index in [1.807, 2.05) is 0 Å². The highest BCUT2D eigenvalue weighted by molar-refractivity contribution is 4.73. The van der Waals surface area contributed by atoms with E-state index in [0.29, 0.717) is 0 Å². The fourth-order valence-corrected chi connectivity index (χ4v) is 1.77. The van der Waals surface area contributed by atoms with Gasteiger partial charge in [-0.25, -0.2) is 0 Å². The highest BCUT2D eigenvalue weighted by atomic mass is 16.3. The van der Waals surface area contributed by atoms with Crippen molar-refractivity contribution in [1.82, 2.24) is 4.90 Å². The predicted octanol–water partition coefficient (Wildman–Crippen LogP) is 0.463. The number of hydrogen-bond donors (Lipinski definition) is 2. The minimum absolute atomic E-state index is 0.234. The van der Waals surface area contributed by atoms with Crippen LogP contribution in [0.1, 0.15) is 25.7 Å². The predicted molar refractivity (Wildman–Crippen MR) is 52.6 cm³/mol. The Kier molecular flexibility index (Phi) is 5.35. The van der Waals surface area contributed by atoms with Gasteiger partial charge in [-0.3, -0.25) is 0 Å². The third-order valence-electron chi connectivity index (χ3n) is 2.79. The standard InChI is InChI=1S/C10H21NO2/c12-7-2-5-11(6-8-13)9-10-3-1-4-10/h10,12-13H,1-9H2. The van der Waals surface area contributed by atoms with Gasteiger partial charge in [-0.05, 0) is 25.2 Å². The Morgan fingerprint density at radius 3 is 2.31 bits per heavy atom. The molecule has 3 heteroatoms. The Morgan fingerprint density at radius 2 is 1.85 bits per heavy atom. The zero-order chi connectivity index (χ0) is 9.52. The molecule has 0 amide bonds. The van der Waals surface area contributed by atoms with E-state index >= 15 is 0 Å². The maximum atomic E-state index is 8.84. The summed E-state index contributed by atoms with van der Waals surface area (Å²) in [6.07, 6.45) is 4.90. The van der Waals surface area contributed by atoms with Crippen LogP contribution in [0.4, 0.5) is 0 Å². The van der Waals surface area contributed by atoms with Gasteiger partial charge in [0.15, 0.2) is 0 Å². The van der Waals surface area contributed by atoms with E-state index in [2.05, 4.69) is 4.90 Å². The van der Waals surface area contributed by atoms with Gasteiger partial charge in [-0.2, -0.15) is 0 Å². The topological polar surface area (TPSA) is 43.7 Å². The molecule has 13 heavy (non-hydrogen) atoms. The Morgan fingerprint density at radius 1 is 1.08 bits per heavy atom. The van der Waals surface area contributed by atoms with Gasteiger partial charge in [-0.1, -0.05) is 6.42 Å². The van der Waals surface area contributed by atoms with Crippen molar-refractivity contribution in [2.45, 2.75) is 25.7 Å². The summed E-state index contributed by atoms with van der Waals surface area (Å²) in [5.74, 6) is 0.852. The van der Waals surface area contributed by atoms with Crippen LogP contribution < -0.4 is 0 Å². The van der Waals surface area contributed by atoms with Crippen LogP contribution in [0.3, 0.4) is 0 Å². The third kappa shape index (κ3) is 4.07. The second-order valence-corrected chi connectivity index (χ2v) is 3.90. The van der Waals surface area contributed by atoms with E-state index < -0.39 is 0 Å². The molecule has 0 bridgehead atoms. The van der Waals surface area contributed by atoms with Gasteiger partial charge in [0, 0.05) is 26.2 Å². The molecule has 0 saturated heterocycles. The number of nitrogens with zero attached hydrogens (tertiary/aromatic N) is 1. The average molecular weight is 187 g/mol. The summed E-state index contributed by atoms with van der Waals surface area (Å²) in [7, 11) is 0. The van der Waals surface area contributed by atoms with Crippen molar-refractivity contribution >= 4 is 0 Å². The van der Waals surface area contributed by atoms with Gasteiger partial charge in [0.2, 0.25) is 0 Å². The lowest BCUT2D eigenvalue weighted by molar-refractivity contribution is 0.136. The minimum Gasteiger partial charge on any atom is -0.396 e. The number of hydrogen-bond acceptors (Lipinski definition) is 3. The van der Waals surface area contributed by atoms with Crippen molar-refractivity contribution in [2.75, 3.05) is 32.8 Å². The molecular formula is C10H21NO2. The molecule has 0 heterocycles. The van der Waals surface area contributed by atoms with Gasteiger partial charge in [0.25, 0.3) is 0 Å². The lowest BCUT2D eigenvalue weighted by atomic mass is 9.85. The largest absolute Gasteiger partial charge is 0.396 e. The summed E-state index contributed by atoms with van der Waals surface area (Å²) in [4.78, 5) is 2.26. The van der Waals surface area contributed by atoms with Gasteiger partial charge in [-0.15, -0.1) is 0 Å². The maximum Gasteiger partial charge on any atom is 0.0558 e. The van der Waals surface area contributed by atoms with Crippen LogP contribution in [0.25, 0.3) is 0 Å². The Bertz CT molecular complexity index is 126. The van der Waals surface area contributed by atoms with Crippen LogP contribution in [0.15, 0.2) is 0 Å². The summed E-state index contributed by atoms with van der Waals surface area (Å²) in [5, 5.41) is 17.5. The lowest BCUT2D eigenvalue weighted by Crippen LogP contribution is -2.35. The molecule has 0 aromatic carbocycles. The zero-order valence-corrected chi connectivity index (χ0v) is 8.28. The molecule has 1 rings (SSSR count). The van der Waals surface area contributed by atoms with Crippen molar-refractivity contribution in [2.24, 2.45) is 5.92 Å². The Hall–Kier alpha value is -0.120. The minimum atomic E-state index is 0.234. The third-order valence-corrected chi connectivity index (χ3v) is 2.79. The van der Waals surface area contributed by atoms with Crippen molar-refractivity contribution in [3.63, 3.8) is 0 Å². The van der Waals surface area contributed by atoms with Crippen molar-refractivity contribution in [1.29, 1.82) is 0 Å². The summed E-state index contributed by atoms with van der Waals surface area (Å²) in [6.45, 7) is 3.29. The first-order valence-electron chi connectivity index (χ1n) is 5.31. The molecule has 0 spiro atoms. The van der Waals surface area contributed by atoms with Crippen LogP contribution in [0.2, 0.25) is 0 Å². The highest BCUT2D eigenvalue weighted by Crippen LogP contribution is 2.26. The van der Waals surface area contributed by atoms with Crippen LogP contribution in [0, 0.1) is 5.92 Å². The molecule has 1 aliphatic rings. The molecule has 0 aromatic heterocycles. The zero-order valence-electron chi connectivity index (χ0n) is 8.28. The van der Waals surface area contributed by atoms with E-state index in [4.69, 9.17) is 10.2 Å². The Labute approximate surface area is 80.4 Å². The van der Waals surface area contributed by atoms with Gasteiger partial charge in [0.05, 0.1) is 6.61 Å². The molecule has 0 radical (unpaired) electrons. The first kappa shape index (κ1) is 11.0. The van der Waals surface area contributed by atoms with Crippen LogP contribution in [0.5, 0.6) is 0 Å². The molecule has 1 aliphatic carbocycles. The first-order chi connectivity index (χ1) is 6.36. The Balaban J connectivity index is 2.11. The molecule has 0 unspecified atom stereocenters. The average Bonchev–Trinajstić information content (AvgIpc) is 2.07. The van der Waals surface area contributed by atoms with Crippen LogP contribution in [-0.2, 0) is 0 Å². The molecule has 2 N–H and O–H groups in total. The summed E-state index contributed by atoms with van der Waals surface area (Å²) >= 11 is 0. The monoisotopic (exact) mass is 187 g/mol. The molecule has 1 saturated carbocycles. The van der Waals surface area contributed by atoms with Crippen molar-refractivity contribution < 1.29 is 10.2 Å². The van der Waals surface area contributed by atoms with Crippen LogP contribution in [-0.4, -0.2) is 48.0 Å². The van der Waals surface area contributed by atoms with Gasteiger partial charge < -0.3 is 15.1 Å². The van der Waals surface area contributed by atoms with E-state index in [0.717, 1.165) is 32.0 Å². The molecule has 0 aliphatic heterocycles. The van der Waals surface area contributed by atoms with Crippen molar-refractivity contribution in [3.05, 3.63) is 0 Å². The van der Waals surface area contributed by atoms with Gasteiger partial charge in [0.1, 0.15) is 0 Å². The normalized spacial score (nSPS) is 17.8. The molecule has 3 nitrogen and oxygen atoms in total. The molecule has 0 aromatic rings. The number of aliphatic hydroxyl groups is 2. The smallest absolute Gasteiger partial charge is 0.0558 e. The quantitative estimate of drug-likeness (QED) is 0.608. The summed E-state index contributed by atoms with van der Waals surface area (Å²) in [5.41, 5.74) is 0. The molecule has 78 valence electrons. The van der Waals surface area contributed by atoms with E-state index in [1.54, 1.807) is 0 Å². The van der Waals surface area contributed by atoms with E-state index in [1.165, 1.54) is 19.3 Å². The highest BCUT2D eigenvalue weighted by Gasteiger charge is 2.19. The summed E-state index contributed by atoms with van der Waals surface area (Å²) < 4.78 is 0. The number of aliphatic hydroxyl groups excluding tert-OH is 2. The molecule has 1 fully saturated rings. The molecule has 0 atom stereocenters. The second kappa shape index (κ2) is 6.35. The fourth-order valence-electron chi connectivity index (χ4n) is 1.77. The lowest BCUT2D eigenvalue weighted by Gasteiger charge is -2.31. The van der Waals surface area contributed by atoms with Gasteiger partial charge >= 0.3 is 0 Å². The maximum absolute atomic E-state index is 8.84. The summed E-state index contributed by atoms with van der Waals surface area (Å²) in [6, 6.07) is 0. The molecular weight excluding hydrogens is 166 g/mol. The second-order valence-electron chi connectivity index (χ2n) is 3.90. The van der Waals surface area contributed by atoms with E-state index in [-0.39, 0.29) is 13.2 Å². The number of rotatable bonds is 7. The van der Waals surface area contributed by atoms with E-state index in [9.17, 15) is 0 Å².